The minimum Gasteiger partial charge on any atom is -0.360 e. The van der Waals surface area contributed by atoms with Gasteiger partial charge >= 0.3 is 6.18 Å². The first-order valence-corrected chi connectivity index (χ1v) is 14.4. The Kier molecular flexibility index (Phi) is 7.36. The van der Waals surface area contributed by atoms with E-state index < -0.39 is 22.8 Å². The van der Waals surface area contributed by atoms with Crippen LogP contribution in [-0.2, 0) is 10.2 Å². The van der Waals surface area contributed by atoms with Crippen molar-refractivity contribution in [3.63, 3.8) is 0 Å². The lowest BCUT2D eigenvalue weighted by atomic mass is 9.99. The molecule has 1 saturated carbocycles. The number of hydrogen-bond acceptors (Lipinski definition) is 6. The van der Waals surface area contributed by atoms with E-state index in [1.807, 2.05) is 0 Å². The van der Waals surface area contributed by atoms with E-state index in [1.54, 1.807) is 10.4 Å². The highest BCUT2D eigenvalue weighted by Crippen LogP contribution is 2.41. The van der Waals surface area contributed by atoms with Crippen molar-refractivity contribution in [2.75, 3.05) is 19.6 Å². The fourth-order valence-corrected chi connectivity index (χ4v) is 7.94. The van der Waals surface area contributed by atoms with Gasteiger partial charge in [0.05, 0.1) is 0 Å². The maximum atomic E-state index is 13.5. The van der Waals surface area contributed by atoms with Gasteiger partial charge in [0.15, 0.2) is 5.69 Å². The normalized spacial score (nSPS) is 28.5. The minimum atomic E-state index is -4.15. The van der Waals surface area contributed by atoms with Crippen molar-refractivity contribution in [1.29, 1.82) is 0 Å². The van der Waals surface area contributed by atoms with Crippen molar-refractivity contribution in [1.82, 2.24) is 24.4 Å². The molecule has 202 valence electrons. The number of piperidine rings is 2. The SMILES string of the molecule is O=C(NC1C[C@H]2CC[C@@H](C1)N2S(=O)(=O)N1CCC(NCCCC(F)(F)F)CC1)c1cc(C2CC2)on1. The number of alkyl halides is 3. The van der Waals surface area contributed by atoms with E-state index >= 15 is 0 Å². The van der Waals surface area contributed by atoms with Gasteiger partial charge in [0.2, 0.25) is 0 Å². The summed E-state index contributed by atoms with van der Waals surface area (Å²) in [6.45, 7) is 0.978. The van der Waals surface area contributed by atoms with Gasteiger partial charge < -0.3 is 15.2 Å². The second kappa shape index (κ2) is 10.2. The van der Waals surface area contributed by atoms with Crippen LogP contribution in [0.5, 0.6) is 0 Å². The maximum Gasteiger partial charge on any atom is 0.389 e. The van der Waals surface area contributed by atoms with Crippen molar-refractivity contribution in [3.05, 3.63) is 17.5 Å². The molecule has 4 heterocycles. The molecule has 5 rings (SSSR count). The second-order valence-electron chi connectivity index (χ2n) is 10.6. The molecule has 4 fully saturated rings. The Bertz CT molecular complexity index is 1020. The summed E-state index contributed by atoms with van der Waals surface area (Å²) in [6.07, 6.45) is 0.990. The van der Waals surface area contributed by atoms with Crippen LogP contribution in [0.15, 0.2) is 10.6 Å². The number of fused-ring (bicyclic) bond motifs is 2. The molecule has 9 nitrogen and oxygen atoms in total. The summed E-state index contributed by atoms with van der Waals surface area (Å²) in [5.41, 5.74) is 0.272. The Hall–Kier alpha value is -1.70. The third kappa shape index (κ3) is 5.89. The van der Waals surface area contributed by atoms with Crippen LogP contribution >= 0.6 is 0 Å². The minimum absolute atomic E-state index is 0.0230. The fourth-order valence-electron chi connectivity index (χ4n) is 5.86. The lowest BCUT2D eigenvalue weighted by molar-refractivity contribution is -0.135. The first kappa shape index (κ1) is 25.9. The molecular weight excluding hydrogens is 499 g/mol. The van der Waals surface area contributed by atoms with Crippen LogP contribution in [0.4, 0.5) is 13.2 Å². The van der Waals surface area contributed by atoms with Crippen molar-refractivity contribution in [3.8, 4) is 0 Å². The van der Waals surface area contributed by atoms with Crippen LogP contribution in [0.3, 0.4) is 0 Å². The van der Waals surface area contributed by atoms with E-state index in [0.717, 1.165) is 31.4 Å². The molecule has 1 amide bonds. The molecule has 2 N–H and O–H groups in total. The summed E-state index contributed by atoms with van der Waals surface area (Å²) < 4.78 is 72.4. The molecule has 0 spiro atoms. The molecule has 1 unspecified atom stereocenters. The van der Waals surface area contributed by atoms with E-state index in [0.29, 0.717) is 44.7 Å². The molecule has 13 heteroatoms. The lowest BCUT2D eigenvalue weighted by Crippen LogP contribution is -2.57. The molecule has 0 aromatic carbocycles. The highest BCUT2D eigenvalue weighted by Gasteiger charge is 2.49. The monoisotopic (exact) mass is 533 g/mol. The van der Waals surface area contributed by atoms with Gasteiger partial charge in [-0.05, 0) is 64.3 Å². The Labute approximate surface area is 209 Å². The molecule has 2 bridgehead atoms. The van der Waals surface area contributed by atoms with Gasteiger partial charge in [0.1, 0.15) is 5.76 Å². The van der Waals surface area contributed by atoms with Gasteiger partial charge in [-0.25, -0.2) is 0 Å². The predicted octanol–water partition coefficient (Wildman–Crippen LogP) is 2.92. The summed E-state index contributed by atoms with van der Waals surface area (Å²) in [4.78, 5) is 12.7. The summed E-state index contributed by atoms with van der Waals surface area (Å²) in [5, 5.41) is 10.1. The van der Waals surface area contributed by atoms with Crippen molar-refractivity contribution >= 4 is 16.1 Å². The average molecular weight is 534 g/mol. The Morgan fingerprint density at radius 1 is 1.06 bits per heavy atom. The molecule has 3 aliphatic heterocycles. The van der Waals surface area contributed by atoms with Crippen molar-refractivity contribution in [2.45, 2.75) is 100 Å². The zero-order valence-electron chi connectivity index (χ0n) is 20.2. The van der Waals surface area contributed by atoms with E-state index in [9.17, 15) is 26.4 Å². The Morgan fingerprint density at radius 2 is 1.72 bits per heavy atom. The van der Waals surface area contributed by atoms with Crippen molar-refractivity contribution in [2.24, 2.45) is 0 Å². The standard InChI is InChI=1S/C23H34F3N5O4S/c24-23(25,26)8-1-9-27-16-6-10-30(11-7-16)36(33,34)31-18-4-5-19(31)13-17(12-18)28-22(32)20-14-21(35-29-20)15-2-3-15/h14-19,27H,1-13H2,(H,28,32)/t17?,18-,19+. The van der Waals surface area contributed by atoms with Crippen molar-refractivity contribution < 1.29 is 30.9 Å². The number of carbonyl (C=O) groups is 1. The third-order valence-corrected chi connectivity index (χ3v) is 10.0. The first-order valence-electron chi connectivity index (χ1n) is 13.0. The molecule has 3 saturated heterocycles. The van der Waals surface area contributed by atoms with Gasteiger partial charge in [0, 0.05) is 55.7 Å². The number of carbonyl (C=O) groups excluding carboxylic acids is 1. The highest BCUT2D eigenvalue weighted by atomic mass is 32.2. The summed E-state index contributed by atoms with van der Waals surface area (Å²) in [5.74, 6) is 0.844. The number of rotatable bonds is 9. The molecule has 36 heavy (non-hydrogen) atoms. The lowest BCUT2D eigenvalue weighted by Gasteiger charge is -2.42. The number of hydrogen-bond donors (Lipinski definition) is 2. The molecule has 1 aromatic rings. The Morgan fingerprint density at radius 3 is 2.33 bits per heavy atom. The van der Waals surface area contributed by atoms with Gasteiger partial charge in [0.25, 0.3) is 16.1 Å². The molecule has 3 atom stereocenters. The van der Waals surface area contributed by atoms with Crippen LogP contribution in [0.1, 0.15) is 86.4 Å². The Balaban J connectivity index is 1.11. The van der Waals surface area contributed by atoms with Crippen LogP contribution in [0, 0.1) is 0 Å². The number of aromatic nitrogens is 1. The molecule has 0 radical (unpaired) electrons. The fraction of sp³-hybridized carbons (Fsp3) is 0.826. The quantitative estimate of drug-likeness (QED) is 0.473. The zero-order chi connectivity index (χ0) is 25.5. The number of amides is 1. The van der Waals surface area contributed by atoms with Gasteiger partial charge in [-0.1, -0.05) is 5.16 Å². The molecule has 4 aliphatic rings. The van der Waals surface area contributed by atoms with E-state index in [2.05, 4.69) is 15.8 Å². The number of halogens is 3. The maximum absolute atomic E-state index is 13.5. The van der Waals surface area contributed by atoms with E-state index in [4.69, 9.17) is 4.52 Å². The number of nitrogens with one attached hydrogen (secondary N) is 2. The summed E-state index contributed by atoms with van der Waals surface area (Å²) in [6, 6.07) is 1.30. The highest BCUT2D eigenvalue weighted by molar-refractivity contribution is 7.86. The largest absolute Gasteiger partial charge is 0.389 e. The predicted molar refractivity (Wildman–Crippen MR) is 124 cm³/mol. The topological polar surface area (TPSA) is 108 Å². The van der Waals surface area contributed by atoms with E-state index in [1.165, 1.54) is 4.31 Å². The van der Waals surface area contributed by atoms with Crippen LogP contribution in [-0.4, -0.2) is 78.1 Å². The van der Waals surface area contributed by atoms with Crippen LogP contribution in [0.2, 0.25) is 0 Å². The van der Waals surface area contributed by atoms with Crippen LogP contribution < -0.4 is 10.6 Å². The molecule has 1 aliphatic carbocycles. The van der Waals surface area contributed by atoms with Crippen LogP contribution in [0.25, 0.3) is 0 Å². The van der Waals surface area contributed by atoms with E-state index in [-0.39, 0.29) is 48.7 Å². The summed E-state index contributed by atoms with van der Waals surface area (Å²) >= 11 is 0. The van der Waals surface area contributed by atoms with Gasteiger partial charge in [-0.15, -0.1) is 0 Å². The zero-order valence-corrected chi connectivity index (χ0v) is 21.0. The molecular formula is C23H34F3N5O4S. The number of nitrogens with zero attached hydrogens (tertiary/aromatic N) is 3. The summed E-state index contributed by atoms with van der Waals surface area (Å²) in [7, 11) is -3.64. The third-order valence-electron chi connectivity index (χ3n) is 7.86. The second-order valence-corrected chi connectivity index (χ2v) is 12.4. The van der Waals surface area contributed by atoms with Gasteiger partial charge in [-0.3, -0.25) is 4.79 Å². The van der Waals surface area contributed by atoms with Gasteiger partial charge in [-0.2, -0.15) is 30.2 Å². The molecule has 1 aromatic heterocycles. The smallest absolute Gasteiger partial charge is 0.360 e. The average Bonchev–Trinajstić information content (AvgIpc) is 3.48. The first-order chi connectivity index (χ1) is 17.1.